The van der Waals surface area contributed by atoms with Crippen LogP contribution in [0.4, 0.5) is 0 Å². The Balaban J connectivity index is 1.51. The van der Waals surface area contributed by atoms with E-state index in [-0.39, 0.29) is 11.9 Å². The lowest BCUT2D eigenvalue weighted by molar-refractivity contribution is -0.122. The molecule has 1 aliphatic heterocycles. The van der Waals surface area contributed by atoms with Crippen molar-refractivity contribution in [1.29, 1.82) is 0 Å². The first-order valence-electron chi connectivity index (χ1n) is 8.20. The molecule has 6 nitrogen and oxygen atoms in total. The van der Waals surface area contributed by atoms with E-state index < -0.39 is 0 Å². The fourth-order valence-electron chi connectivity index (χ4n) is 2.80. The van der Waals surface area contributed by atoms with Gasteiger partial charge in [0.15, 0.2) is 0 Å². The van der Waals surface area contributed by atoms with E-state index in [2.05, 4.69) is 27.7 Å². The van der Waals surface area contributed by atoms with Gasteiger partial charge in [-0.1, -0.05) is 23.7 Å². The number of amides is 1. The molecular weight excluding hydrogens is 328 g/mol. The Morgan fingerprint density at radius 3 is 2.96 bits per heavy atom. The third kappa shape index (κ3) is 4.33. The summed E-state index contributed by atoms with van der Waals surface area (Å²) in [6, 6.07) is 7.47. The van der Waals surface area contributed by atoms with Crippen LogP contribution in [0.5, 0.6) is 0 Å². The lowest BCUT2D eigenvalue weighted by Crippen LogP contribution is -2.48. The van der Waals surface area contributed by atoms with Gasteiger partial charge in [-0.05, 0) is 49.7 Å². The van der Waals surface area contributed by atoms with E-state index >= 15 is 0 Å². The average Bonchev–Trinajstić information content (AvgIpc) is 3.05. The molecule has 7 heteroatoms. The number of carbonyl (C=O) groups excluding carboxylic acids is 1. The van der Waals surface area contributed by atoms with E-state index in [0.717, 1.165) is 25.1 Å². The second-order valence-corrected chi connectivity index (χ2v) is 6.60. The minimum atomic E-state index is 0.0278. The molecule has 1 aromatic carbocycles. The minimum absolute atomic E-state index is 0.0278. The molecule has 1 aliphatic rings. The van der Waals surface area contributed by atoms with E-state index in [1.165, 1.54) is 0 Å². The van der Waals surface area contributed by atoms with Gasteiger partial charge in [-0.15, -0.1) is 0 Å². The van der Waals surface area contributed by atoms with E-state index in [1.807, 2.05) is 12.1 Å². The molecule has 128 valence electrons. The van der Waals surface area contributed by atoms with Crippen LogP contribution in [-0.4, -0.2) is 35.2 Å². The third-order valence-electron chi connectivity index (χ3n) is 4.27. The average molecular weight is 349 g/mol. The number of halogens is 1. The van der Waals surface area contributed by atoms with Gasteiger partial charge in [0.1, 0.15) is 0 Å². The predicted molar refractivity (Wildman–Crippen MR) is 91.6 cm³/mol. The van der Waals surface area contributed by atoms with E-state index in [1.54, 1.807) is 12.1 Å². The smallest absolute Gasteiger partial charge is 0.227 e. The normalized spacial score (nSPS) is 20.8. The number of aromatic nitrogens is 2. The van der Waals surface area contributed by atoms with Crippen molar-refractivity contribution in [3.63, 3.8) is 0 Å². The molecule has 0 bridgehead atoms. The highest BCUT2D eigenvalue weighted by atomic mass is 35.5. The lowest BCUT2D eigenvalue weighted by Gasteiger charge is -2.30. The Labute approximate surface area is 146 Å². The molecule has 2 unspecified atom stereocenters. The van der Waals surface area contributed by atoms with Crippen molar-refractivity contribution < 1.29 is 9.32 Å². The van der Waals surface area contributed by atoms with Crippen LogP contribution in [0.3, 0.4) is 0 Å². The molecule has 24 heavy (non-hydrogen) atoms. The summed E-state index contributed by atoms with van der Waals surface area (Å²) < 4.78 is 5.23. The van der Waals surface area contributed by atoms with Crippen molar-refractivity contribution in [3.8, 4) is 11.4 Å². The number of nitrogens with one attached hydrogen (secondary N) is 2. The minimum Gasteiger partial charge on any atom is -0.353 e. The van der Waals surface area contributed by atoms with E-state index in [9.17, 15) is 4.79 Å². The fraction of sp³-hybridized carbons (Fsp3) is 0.471. The quantitative estimate of drug-likeness (QED) is 0.867. The van der Waals surface area contributed by atoms with Crippen LogP contribution in [0, 0.1) is 5.92 Å². The van der Waals surface area contributed by atoms with Crippen LogP contribution in [0.25, 0.3) is 11.4 Å². The summed E-state index contributed by atoms with van der Waals surface area (Å²) in [4.78, 5) is 16.4. The lowest BCUT2D eigenvalue weighted by atomic mass is 9.95. The van der Waals surface area contributed by atoms with E-state index in [0.29, 0.717) is 35.5 Å². The molecule has 2 atom stereocenters. The van der Waals surface area contributed by atoms with Gasteiger partial charge in [-0.3, -0.25) is 4.79 Å². The van der Waals surface area contributed by atoms with Crippen LogP contribution < -0.4 is 10.6 Å². The summed E-state index contributed by atoms with van der Waals surface area (Å²) in [5, 5.41) is 11.0. The highest BCUT2D eigenvalue weighted by Crippen LogP contribution is 2.19. The van der Waals surface area contributed by atoms with Gasteiger partial charge in [-0.25, -0.2) is 0 Å². The molecule has 2 heterocycles. The Morgan fingerprint density at radius 2 is 2.21 bits per heavy atom. The number of rotatable bonds is 5. The van der Waals surface area contributed by atoms with Crippen LogP contribution in [0.1, 0.15) is 25.7 Å². The van der Waals surface area contributed by atoms with Crippen molar-refractivity contribution >= 4 is 17.5 Å². The molecule has 1 saturated heterocycles. The summed E-state index contributed by atoms with van der Waals surface area (Å²) in [5.41, 5.74) is 0.836. The van der Waals surface area contributed by atoms with Gasteiger partial charge < -0.3 is 15.2 Å². The zero-order valence-corrected chi connectivity index (χ0v) is 14.3. The van der Waals surface area contributed by atoms with Crippen molar-refractivity contribution in [2.75, 3.05) is 13.1 Å². The predicted octanol–water partition coefficient (Wildman–Crippen LogP) is 2.44. The number of nitrogens with zero attached hydrogens (tertiary/aromatic N) is 2. The zero-order valence-electron chi connectivity index (χ0n) is 13.6. The van der Waals surface area contributed by atoms with Crippen molar-refractivity contribution in [2.24, 2.45) is 5.92 Å². The molecular formula is C17H21ClN4O2. The zero-order chi connectivity index (χ0) is 16.9. The molecule has 2 N–H and O–H groups in total. The van der Waals surface area contributed by atoms with Gasteiger partial charge in [-0.2, -0.15) is 4.98 Å². The Hall–Kier alpha value is -1.92. The molecule has 1 amide bonds. The summed E-state index contributed by atoms with van der Waals surface area (Å²) >= 11 is 5.87. The maximum atomic E-state index is 12.1. The number of aryl methyl sites for hydroxylation is 1. The molecule has 3 rings (SSSR count). The second-order valence-electron chi connectivity index (χ2n) is 6.16. The van der Waals surface area contributed by atoms with Crippen molar-refractivity contribution in [2.45, 2.75) is 32.2 Å². The fourth-order valence-corrected chi connectivity index (χ4v) is 2.93. The maximum Gasteiger partial charge on any atom is 0.227 e. The van der Waals surface area contributed by atoms with Crippen molar-refractivity contribution in [1.82, 2.24) is 20.8 Å². The third-order valence-corrected chi connectivity index (χ3v) is 4.52. The number of piperidine rings is 1. The maximum absolute atomic E-state index is 12.1. The van der Waals surface area contributed by atoms with Crippen molar-refractivity contribution in [3.05, 3.63) is 35.2 Å². The van der Waals surface area contributed by atoms with Crippen LogP contribution in [-0.2, 0) is 11.2 Å². The number of hydrogen-bond acceptors (Lipinski definition) is 5. The summed E-state index contributed by atoms with van der Waals surface area (Å²) in [7, 11) is 0. The number of hydrogen-bond donors (Lipinski definition) is 2. The largest absolute Gasteiger partial charge is 0.353 e. The molecule has 0 radical (unpaired) electrons. The van der Waals surface area contributed by atoms with Gasteiger partial charge in [0.25, 0.3) is 0 Å². The molecule has 0 spiro atoms. The SMILES string of the molecule is CC1CNCCC1NC(=O)CCc1nc(-c2ccc(Cl)cc2)no1. The van der Waals surface area contributed by atoms with Crippen LogP contribution >= 0.6 is 11.6 Å². The topological polar surface area (TPSA) is 80.0 Å². The Kier molecular flexibility index (Phi) is 5.48. The van der Waals surface area contributed by atoms with Gasteiger partial charge >= 0.3 is 0 Å². The van der Waals surface area contributed by atoms with Crippen LogP contribution in [0.15, 0.2) is 28.8 Å². The Morgan fingerprint density at radius 1 is 1.42 bits per heavy atom. The molecule has 1 aromatic heterocycles. The summed E-state index contributed by atoms with van der Waals surface area (Å²) in [6.07, 6.45) is 1.75. The first kappa shape index (κ1) is 16.9. The monoisotopic (exact) mass is 348 g/mol. The number of benzene rings is 1. The highest BCUT2D eigenvalue weighted by molar-refractivity contribution is 6.30. The molecule has 0 aliphatic carbocycles. The van der Waals surface area contributed by atoms with Gasteiger partial charge in [0.05, 0.1) is 0 Å². The Bertz CT molecular complexity index is 686. The standard InChI is InChI=1S/C17H21ClN4O2/c1-11-10-19-9-8-14(11)20-15(23)6-7-16-21-17(22-24-16)12-2-4-13(18)5-3-12/h2-5,11,14,19H,6-10H2,1H3,(H,20,23). The summed E-state index contributed by atoms with van der Waals surface area (Å²) in [5.74, 6) is 1.45. The van der Waals surface area contributed by atoms with Gasteiger partial charge in [0.2, 0.25) is 17.6 Å². The molecule has 0 saturated carbocycles. The highest BCUT2D eigenvalue weighted by Gasteiger charge is 2.22. The summed E-state index contributed by atoms with van der Waals surface area (Å²) in [6.45, 7) is 4.04. The number of carbonyl (C=O) groups is 1. The molecule has 2 aromatic rings. The van der Waals surface area contributed by atoms with E-state index in [4.69, 9.17) is 16.1 Å². The molecule has 1 fully saturated rings. The first-order chi connectivity index (χ1) is 11.6. The van der Waals surface area contributed by atoms with Gasteiger partial charge in [0, 0.05) is 29.5 Å². The second kappa shape index (κ2) is 7.77. The first-order valence-corrected chi connectivity index (χ1v) is 8.58. The van der Waals surface area contributed by atoms with Crippen LogP contribution in [0.2, 0.25) is 5.02 Å².